The molecule has 0 radical (unpaired) electrons. The molecule has 0 aromatic rings. The van der Waals surface area contributed by atoms with Crippen LogP contribution in [0.3, 0.4) is 0 Å². The largest absolute Gasteiger partial charge is 0.338 e. The van der Waals surface area contributed by atoms with Gasteiger partial charge in [-0.05, 0) is 141 Å². The van der Waals surface area contributed by atoms with E-state index in [0.717, 1.165) is 50.9 Å². The van der Waals surface area contributed by atoms with Gasteiger partial charge in [-0.2, -0.15) is 0 Å². The van der Waals surface area contributed by atoms with Gasteiger partial charge in [-0.15, -0.1) is 0 Å². The van der Waals surface area contributed by atoms with Gasteiger partial charge in [0.15, 0.2) is 0 Å². The van der Waals surface area contributed by atoms with E-state index in [4.69, 9.17) is 0 Å². The van der Waals surface area contributed by atoms with Gasteiger partial charge in [0.05, 0.1) is 6.04 Å². The molecule has 0 saturated carbocycles. The lowest BCUT2D eigenvalue weighted by Gasteiger charge is -2.41. The van der Waals surface area contributed by atoms with Crippen molar-refractivity contribution in [3.05, 3.63) is 154 Å². The van der Waals surface area contributed by atoms with E-state index in [0.29, 0.717) is 12.0 Å². The van der Waals surface area contributed by atoms with Crippen LogP contribution in [0.1, 0.15) is 89.9 Å². The van der Waals surface area contributed by atoms with E-state index < -0.39 is 0 Å². The molecule has 226 valence electrons. The molecular weight excluding hydrogens is 530 g/mol. The third-order valence-electron chi connectivity index (χ3n) is 10.6. The summed E-state index contributed by atoms with van der Waals surface area (Å²) in [5.41, 5.74) is 12.0. The van der Waals surface area contributed by atoms with E-state index in [1.807, 2.05) is 0 Å². The van der Waals surface area contributed by atoms with Crippen LogP contribution in [0.15, 0.2) is 154 Å². The average molecular weight is 580 g/mol. The van der Waals surface area contributed by atoms with Crippen molar-refractivity contribution in [3.63, 3.8) is 0 Å². The Hall–Kier alpha value is -3.58. The summed E-state index contributed by atoms with van der Waals surface area (Å²) in [4.78, 5) is 2.71. The molecule has 1 heteroatoms. The molecule has 0 amide bonds. The zero-order chi connectivity index (χ0) is 29.6. The molecule has 0 aromatic carbocycles. The van der Waals surface area contributed by atoms with Gasteiger partial charge >= 0.3 is 0 Å². The van der Waals surface area contributed by atoms with Gasteiger partial charge in [0.1, 0.15) is 0 Å². The summed E-state index contributed by atoms with van der Waals surface area (Å²) in [5, 5.41) is 0. The highest BCUT2D eigenvalue weighted by molar-refractivity contribution is 5.48. The van der Waals surface area contributed by atoms with Crippen LogP contribution in [0.2, 0.25) is 0 Å². The van der Waals surface area contributed by atoms with Crippen LogP contribution in [0, 0.1) is 11.8 Å². The summed E-state index contributed by atoms with van der Waals surface area (Å²) in [5.74, 6) is 1.26. The summed E-state index contributed by atoms with van der Waals surface area (Å²) in [6, 6.07) is 0.379. The highest BCUT2D eigenvalue weighted by Crippen LogP contribution is 2.40. The molecular formula is C43H49N. The highest BCUT2D eigenvalue weighted by atomic mass is 15.2. The van der Waals surface area contributed by atoms with Crippen molar-refractivity contribution >= 4 is 0 Å². The summed E-state index contributed by atoms with van der Waals surface area (Å²) in [6.07, 6.45) is 60.0. The zero-order valence-corrected chi connectivity index (χ0v) is 26.5. The maximum atomic E-state index is 2.71. The van der Waals surface area contributed by atoms with Gasteiger partial charge in [-0.3, -0.25) is 0 Å². The van der Waals surface area contributed by atoms with Gasteiger partial charge in [0, 0.05) is 17.3 Å². The predicted molar refractivity (Wildman–Crippen MR) is 188 cm³/mol. The minimum absolute atomic E-state index is 0.379. The van der Waals surface area contributed by atoms with E-state index in [1.165, 1.54) is 89.8 Å². The smallest absolute Gasteiger partial charge is 0.0625 e. The molecule has 3 atom stereocenters. The number of hydrogen-bond donors (Lipinski definition) is 0. The number of hydrogen-bond acceptors (Lipinski definition) is 1. The van der Waals surface area contributed by atoms with Crippen LogP contribution in [0.5, 0.6) is 0 Å². The van der Waals surface area contributed by atoms with Gasteiger partial charge in [-0.1, -0.05) is 97.2 Å². The van der Waals surface area contributed by atoms with Crippen LogP contribution in [0.25, 0.3) is 0 Å². The van der Waals surface area contributed by atoms with Crippen LogP contribution >= 0.6 is 0 Å². The fourth-order valence-corrected chi connectivity index (χ4v) is 8.03. The molecule has 0 aliphatic heterocycles. The quantitative estimate of drug-likeness (QED) is 0.259. The molecule has 0 aromatic heterocycles. The Bertz CT molecular complexity index is 1510. The van der Waals surface area contributed by atoms with Crippen molar-refractivity contribution in [2.45, 2.75) is 95.9 Å². The van der Waals surface area contributed by atoms with Crippen molar-refractivity contribution in [1.82, 2.24) is 4.90 Å². The number of nitrogens with zero attached hydrogens (tertiary/aromatic N) is 1. The Labute approximate surface area is 266 Å². The van der Waals surface area contributed by atoms with E-state index in [1.54, 1.807) is 0 Å². The second-order valence-electron chi connectivity index (χ2n) is 13.5. The summed E-state index contributed by atoms with van der Waals surface area (Å²) >= 11 is 0. The number of allylic oxidation sites excluding steroid dienone is 22. The normalized spacial score (nSPS) is 28.2. The first kappa shape index (κ1) is 29.1. The lowest BCUT2D eigenvalue weighted by molar-refractivity contribution is 0.342. The van der Waals surface area contributed by atoms with E-state index in [9.17, 15) is 0 Å². The van der Waals surface area contributed by atoms with Crippen molar-refractivity contribution in [3.8, 4) is 0 Å². The molecule has 0 saturated heterocycles. The van der Waals surface area contributed by atoms with Crippen molar-refractivity contribution in [1.29, 1.82) is 0 Å². The van der Waals surface area contributed by atoms with Crippen LogP contribution in [-0.4, -0.2) is 10.9 Å². The minimum Gasteiger partial charge on any atom is -0.338 e. The minimum atomic E-state index is 0.379. The molecule has 0 bridgehead atoms. The van der Waals surface area contributed by atoms with Crippen molar-refractivity contribution < 1.29 is 0 Å². The Morgan fingerprint density at radius 3 is 2.36 bits per heavy atom. The first-order chi connectivity index (χ1) is 21.8. The Morgan fingerprint density at radius 2 is 1.61 bits per heavy atom. The van der Waals surface area contributed by atoms with Gasteiger partial charge in [0.2, 0.25) is 0 Å². The fourth-order valence-electron chi connectivity index (χ4n) is 8.03. The first-order valence-electron chi connectivity index (χ1n) is 17.6. The predicted octanol–water partition coefficient (Wildman–Crippen LogP) is 11.6. The summed E-state index contributed by atoms with van der Waals surface area (Å²) in [6.45, 7) is 0. The molecule has 3 unspecified atom stereocenters. The molecule has 0 spiro atoms. The average Bonchev–Trinajstić information content (AvgIpc) is 3.10. The molecule has 7 rings (SSSR count). The van der Waals surface area contributed by atoms with Gasteiger partial charge < -0.3 is 4.90 Å². The van der Waals surface area contributed by atoms with Gasteiger partial charge in [-0.25, -0.2) is 0 Å². The van der Waals surface area contributed by atoms with Gasteiger partial charge in [0.25, 0.3) is 0 Å². The molecule has 0 fully saturated rings. The zero-order valence-electron chi connectivity index (χ0n) is 26.5. The SMILES string of the molecule is C1=CC(C2C=CC(N(C3=CC=C(C4=CC=C(C=CCC5C=CCCC5)CC4)CC3)C3CC=CC4=C3C=CCC4)=CC2)=CCC1. The topological polar surface area (TPSA) is 3.24 Å². The Morgan fingerprint density at radius 1 is 0.705 bits per heavy atom. The van der Waals surface area contributed by atoms with E-state index in [-0.39, 0.29) is 0 Å². The monoisotopic (exact) mass is 579 g/mol. The molecule has 1 nitrogen and oxygen atoms in total. The van der Waals surface area contributed by atoms with Crippen molar-refractivity contribution in [2.24, 2.45) is 11.8 Å². The molecule has 7 aliphatic rings. The lowest BCUT2D eigenvalue weighted by atomic mass is 9.83. The third-order valence-corrected chi connectivity index (χ3v) is 10.6. The third kappa shape index (κ3) is 6.73. The van der Waals surface area contributed by atoms with E-state index >= 15 is 0 Å². The maximum absolute atomic E-state index is 2.71. The van der Waals surface area contributed by atoms with Crippen LogP contribution in [-0.2, 0) is 0 Å². The Balaban J connectivity index is 1.09. The lowest BCUT2D eigenvalue weighted by Crippen LogP contribution is -2.37. The summed E-state index contributed by atoms with van der Waals surface area (Å²) < 4.78 is 0. The summed E-state index contributed by atoms with van der Waals surface area (Å²) in [7, 11) is 0. The Kier molecular flexibility index (Phi) is 9.29. The highest BCUT2D eigenvalue weighted by Gasteiger charge is 2.30. The molecule has 0 N–H and O–H groups in total. The molecule has 44 heavy (non-hydrogen) atoms. The second kappa shape index (κ2) is 14.0. The number of rotatable bonds is 8. The van der Waals surface area contributed by atoms with Crippen LogP contribution < -0.4 is 0 Å². The maximum Gasteiger partial charge on any atom is 0.0625 e. The van der Waals surface area contributed by atoms with Crippen molar-refractivity contribution in [2.75, 3.05) is 0 Å². The first-order valence-corrected chi connectivity index (χ1v) is 17.6. The van der Waals surface area contributed by atoms with Crippen LogP contribution in [0.4, 0.5) is 0 Å². The second-order valence-corrected chi connectivity index (χ2v) is 13.5. The molecule has 0 heterocycles. The van der Waals surface area contributed by atoms with E-state index in [2.05, 4.69) is 114 Å². The fraction of sp³-hybridized carbons (Fsp3) is 0.395. The standard InChI is InChI=1S/C43H49N/c1-3-11-33(12-4-1)13-9-14-34-21-23-36(24-22-34)38-27-31-41(32-28-38)44(43-20-10-18-39-17-7-8-19-42(39)43)40-29-25-37(26-30-40)35-15-5-2-6-16-35/h3,5,8-11,14-16,18-19,21,23,25,27,29-31,33,37,43H,1-2,4,6-7,12-13,17,20,22,24,26,28,32H2. The molecule has 7 aliphatic carbocycles.